The normalized spacial score (nSPS) is 12.7. The molecule has 0 aromatic rings. The first-order valence-corrected chi connectivity index (χ1v) is 6.79. The van der Waals surface area contributed by atoms with E-state index in [-0.39, 0.29) is 5.57 Å². The summed E-state index contributed by atoms with van der Waals surface area (Å²) in [4.78, 5) is 10.6. The summed E-state index contributed by atoms with van der Waals surface area (Å²) in [5, 5.41) is 10.6. The molecule has 3 nitrogen and oxygen atoms in total. The molecular weight excluding hydrogens is 184 g/mol. The Bertz CT molecular complexity index is 209. The van der Waals surface area contributed by atoms with E-state index in [9.17, 15) is 9.90 Å². The highest BCUT2D eigenvalue weighted by molar-refractivity contribution is 6.48. The second-order valence-corrected chi connectivity index (χ2v) is 5.12. The minimum absolute atomic E-state index is 0.230. The summed E-state index contributed by atoms with van der Waals surface area (Å²) in [5.41, 5.74) is 0.230. The molecule has 0 bridgehead atoms. The van der Waals surface area contributed by atoms with Gasteiger partial charge in [-0.2, -0.15) is 0 Å². The monoisotopic (exact) mass is 200 g/mol. The highest BCUT2D eigenvalue weighted by Crippen LogP contribution is 2.13. The lowest BCUT2D eigenvalue weighted by Gasteiger charge is -2.16. The molecule has 0 unspecified atom stereocenters. The van der Waals surface area contributed by atoms with Crippen molar-refractivity contribution in [2.24, 2.45) is 0 Å². The molecule has 0 spiro atoms. The van der Waals surface area contributed by atoms with Crippen LogP contribution < -0.4 is 5.11 Å². The molecule has 0 aromatic carbocycles. The van der Waals surface area contributed by atoms with Gasteiger partial charge in [0.15, 0.2) is 0 Å². The van der Waals surface area contributed by atoms with Crippen molar-refractivity contribution in [1.29, 1.82) is 0 Å². The van der Waals surface area contributed by atoms with Crippen LogP contribution in [0.5, 0.6) is 0 Å². The fraction of sp³-hybridized carbons (Fsp3) is 0.667. The van der Waals surface area contributed by atoms with E-state index in [0.29, 0.717) is 12.2 Å². The van der Waals surface area contributed by atoms with E-state index in [1.165, 1.54) is 6.92 Å². The molecule has 0 N–H and O–H groups in total. The van der Waals surface area contributed by atoms with Crippen LogP contribution in [-0.2, 0) is 9.22 Å². The molecule has 0 aromatic heterocycles. The van der Waals surface area contributed by atoms with Gasteiger partial charge < -0.3 is 14.3 Å². The van der Waals surface area contributed by atoms with E-state index in [2.05, 4.69) is 0 Å². The molecular formula is C9H16O3Si-. The summed E-state index contributed by atoms with van der Waals surface area (Å²) in [7, 11) is -0.882. The molecule has 75 valence electrons. The number of carbonyl (C=O) groups is 1. The number of hydrogen-bond donors (Lipinski definition) is 0. The first-order chi connectivity index (χ1) is 5.99. The molecule has 0 fully saturated rings. The summed E-state index contributed by atoms with van der Waals surface area (Å²) in [6.45, 7) is 7.47. The largest absolute Gasteiger partial charge is 0.545 e. The van der Waals surface area contributed by atoms with Crippen molar-refractivity contribution in [2.45, 2.75) is 39.8 Å². The van der Waals surface area contributed by atoms with Crippen LogP contribution in [0, 0.1) is 0 Å². The molecule has 13 heavy (non-hydrogen) atoms. The van der Waals surface area contributed by atoms with Crippen LogP contribution in [0.1, 0.15) is 26.7 Å². The fourth-order valence-electron chi connectivity index (χ4n) is 0.902. The molecule has 4 heteroatoms. The Hall–Kier alpha value is -0.773. The van der Waals surface area contributed by atoms with Crippen LogP contribution in [0.3, 0.4) is 0 Å². The maximum absolute atomic E-state index is 10.6. The van der Waals surface area contributed by atoms with E-state index in [1.807, 2.05) is 20.0 Å². The van der Waals surface area contributed by atoms with Crippen LogP contribution >= 0.6 is 0 Å². The molecule has 0 saturated carbocycles. The quantitative estimate of drug-likeness (QED) is 0.379. The number of rotatable bonds is 5. The average molecular weight is 200 g/mol. The fourth-order valence-corrected chi connectivity index (χ4v) is 1.65. The van der Waals surface area contributed by atoms with E-state index < -0.39 is 15.0 Å². The third kappa shape index (κ3) is 4.72. The summed E-state index contributed by atoms with van der Waals surface area (Å²) >= 11 is 0. The van der Waals surface area contributed by atoms with Crippen LogP contribution in [0.2, 0.25) is 13.1 Å². The minimum atomic E-state index is -1.13. The summed E-state index contributed by atoms with van der Waals surface area (Å²) in [6, 6.07) is 0. The molecule has 0 heterocycles. The van der Waals surface area contributed by atoms with Gasteiger partial charge in [-0.25, -0.2) is 0 Å². The van der Waals surface area contributed by atoms with Gasteiger partial charge in [-0.3, -0.25) is 0 Å². The maximum Gasteiger partial charge on any atom is 0.273 e. The SMILES string of the molecule is CCC/C(O[Si](C)C)=C(/C)C(=O)[O-]. The lowest BCUT2D eigenvalue weighted by Crippen LogP contribution is -2.25. The number of carboxylic acid groups (broad SMARTS) is 1. The van der Waals surface area contributed by atoms with Gasteiger partial charge in [-0.1, -0.05) is 6.92 Å². The summed E-state index contributed by atoms with van der Waals surface area (Å²) < 4.78 is 5.47. The van der Waals surface area contributed by atoms with Gasteiger partial charge in [-0.05, 0) is 26.4 Å². The Morgan fingerprint density at radius 1 is 1.46 bits per heavy atom. The van der Waals surface area contributed by atoms with Gasteiger partial charge >= 0.3 is 0 Å². The van der Waals surface area contributed by atoms with Gasteiger partial charge in [0.2, 0.25) is 0 Å². The Morgan fingerprint density at radius 2 is 2.00 bits per heavy atom. The van der Waals surface area contributed by atoms with Gasteiger partial charge in [0, 0.05) is 12.0 Å². The lowest BCUT2D eigenvalue weighted by molar-refractivity contribution is -0.299. The molecule has 0 amide bonds. The topological polar surface area (TPSA) is 49.4 Å². The van der Waals surface area contributed by atoms with Crippen LogP contribution in [0.25, 0.3) is 0 Å². The molecule has 1 radical (unpaired) electrons. The van der Waals surface area contributed by atoms with Crippen molar-refractivity contribution in [3.05, 3.63) is 11.3 Å². The second-order valence-electron chi connectivity index (χ2n) is 3.10. The molecule has 0 aliphatic heterocycles. The Morgan fingerprint density at radius 3 is 2.31 bits per heavy atom. The van der Waals surface area contributed by atoms with Crippen molar-refractivity contribution in [2.75, 3.05) is 0 Å². The van der Waals surface area contributed by atoms with Gasteiger partial charge in [0.25, 0.3) is 9.04 Å². The summed E-state index contributed by atoms with van der Waals surface area (Å²) in [5.74, 6) is -0.548. The zero-order valence-corrected chi connectivity index (χ0v) is 9.64. The van der Waals surface area contributed by atoms with E-state index in [0.717, 1.165) is 6.42 Å². The Balaban J connectivity index is 4.56. The minimum Gasteiger partial charge on any atom is -0.545 e. The van der Waals surface area contributed by atoms with Crippen molar-refractivity contribution >= 4 is 15.0 Å². The van der Waals surface area contributed by atoms with E-state index >= 15 is 0 Å². The third-order valence-corrected chi connectivity index (χ3v) is 2.18. The van der Waals surface area contributed by atoms with Gasteiger partial charge in [0.05, 0.1) is 11.7 Å². The number of allylic oxidation sites excluding steroid dienone is 1. The molecule has 0 saturated heterocycles. The zero-order valence-electron chi connectivity index (χ0n) is 8.64. The first kappa shape index (κ1) is 12.2. The van der Waals surface area contributed by atoms with Crippen LogP contribution in [0.4, 0.5) is 0 Å². The van der Waals surface area contributed by atoms with Crippen LogP contribution in [0.15, 0.2) is 11.3 Å². The number of carboxylic acids is 1. The Kier molecular flexibility index (Phi) is 5.46. The van der Waals surface area contributed by atoms with Gasteiger partial charge in [0.1, 0.15) is 0 Å². The van der Waals surface area contributed by atoms with E-state index in [4.69, 9.17) is 4.43 Å². The second kappa shape index (κ2) is 5.80. The maximum atomic E-state index is 10.6. The summed E-state index contributed by atoms with van der Waals surface area (Å²) in [6.07, 6.45) is 1.56. The third-order valence-electron chi connectivity index (χ3n) is 1.53. The Labute approximate surface area is 81.1 Å². The van der Waals surface area contributed by atoms with Gasteiger partial charge in [-0.15, -0.1) is 0 Å². The average Bonchev–Trinajstić information content (AvgIpc) is 2.01. The molecule has 0 rings (SSSR count). The molecule has 0 aliphatic carbocycles. The zero-order chi connectivity index (χ0) is 10.4. The smallest absolute Gasteiger partial charge is 0.273 e. The van der Waals surface area contributed by atoms with Crippen molar-refractivity contribution in [1.82, 2.24) is 0 Å². The molecule has 0 atom stereocenters. The predicted molar refractivity (Wildman–Crippen MR) is 51.2 cm³/mol. The number of carbonyl (C=O) groups excluding carboxylic acids is 1. The molecule has 0 aliphatic rings. The predicted octanol–water partition coefficient (Wildman–Crippen LogP) is 1.08. The highest BCUT2D eigenvalue weighted by atomic mass is 28.3. The van der Waals surface area contributed by atoms with Crippen LogP contribution in [-0.4, -0.2) is 15.0 Å². The van der Waals surface area contributed by atoms with Crippen molar-refractivity contribution < 1.29 is 14.3 Å². The van der Waals surface area contributed by atoms with E-state index in [1.54, 1.807) is 0 Å². The number of hydrogen-bond acceptors (Lipinski definition) is 3. The van der Waals surface area contributed by atoms with Crippen molar-refractivity contribution in [3.8, 4) is 0 Å². The van der Waals surface area contributed by atoms with Crippen molar-refractivity contribution in [3.63, 3.8) is 0 Å². The first-order valence-electron chi connectivity index (χ1n) is 4.38. The standard InChI is InChI=1S/C9H17O3Si/c1-5-6-8(12-13(3)4)7(2)9(10)11/h5-6H2,1-4H3,(H,10,11)/p-1/b8-7+. The highest BCUT2D eigenvalue weighted by Gasteiger charge is 2.07. The lowest BCUT2D eigenvalue weighted by atomic mass is 10.2. The number of aliphatic carboxylic acids is 1.